The van der Waals surface area contributed by atoms with Crippen LogP contribution in [0, 0.1) is 0 Å². The Morgan fingerprint density at radius 3 is 2.93 bits per heavy atom. The molecule has 14 heavy (non-hydrogen) atoms. The maximum Gasteiger partial charge on any atom is 0.150 e. The standard InChI is InChI=1S/C9H15ClN4/c1-7(11)3-4-14(2)9-8(10)5-12-6-13-9/h5-7H,3-4,11H2,1-2H3. The highest BCUT2D eigenvalue weighted by molar-refractivity contribution is 6.32. The Bertz CT molecular complexity index is 290. The van der Waals surface area contributed by atoms with Crippen molar-refractivity contribution >= 4 is 17.4 Å². The van der Waals surface area contributed by atoms with Crippen molar-refractivity contribution in [1.29, 1.82) is 0 Å². The molecule has 0 spiro atoms. The van der Waals surface area contributed by atoms with Gasteiger partial charge in [-0.25, -0.2) is 9.97 Å². The van der Waals surface area contributed by atoms with E-state index in [1.165, 1.54) is 6.33 Å². The third kappa shape index (κ3) is 3.12. The Balaban J connectivity index is 2.60. The number of anilines is 1. The summed E-state index contributed by atoms with van der Waals surface area (Å²) in [5.41, 5.74) is 5.66. The lowest BCUT2D eigenvalue weighted by Gasteiger charge is -2.19. The number of hydrogen-bond acceptors (Lipinski definition) is 4. The van der Waals surface area contributed by atoms with Gasteiger partial charge in [0.15, 0.2) is 5.82 Å². The van der Waals surface area contributed by atoms with E-state index in [0.29, 0.717) is 5.02 Å². The van der Waals surface area contributed by atoms with Crippen molar-refractivity contribution in [3.63, 3.8) is 0 Å². The van der Waals surface area contributed by atoms with Gasteiger partial charge in [0.05, 0.1) is 6.20 Å². The third-order valence-corrected chi connectivity index (χ3v) is 2.20. The van der Waals surface area contributed by atoms with E-state index in [-0.39, 0.29) is 6.04 Å². The van der Waals surface area contributed by atoms with E-state index in [0.717, 1.165) is 18.8 Å². The highest BCUT2D eigenvalue weighted by Gasteiger charge is 2.07. The minimum atomic E-state index is 0.193. The zero-order chi connectivity index (χ0) is 10.6. The largest absolute Gasteiger partial charge is 0.358 e. The van der Waals surface area contributed by atoms with E-state index in [1.54, 1.807) is 6.20 Å². The van der Waals surface area contributed by atoms with E-state index < -0.39 is 0 Å². The number of hydrogen-bond donors (Lipinski definition) is 1. The van der Waals surface area contributed by atoms with Crippen molar-refractivity contribution in [3.05, 3.63) is 17.5 Å². The van der Waals surface area contributed by atoms with Crippen LogP contribution in [0.1, 0.15) is 13.3 Å². The average molecular weight is 215 g/mol. The normalized spacial score (nSPS) is 12.6. The van der Waals surface area contributed by atoms with Crippen LogP contribution < -0.4 is 10.6 Å². The molecule has 0 saturated carbocycles. The zero-order valence-corrected chi connectivity index (χ0v) is 9.20. The van der Waals surface area contributed by atoms with E-state index in [1.807, 2.05) is 18.9 Å². The van der Waals surface area contributed by atoms with Crippen molar-refractivity contribution in [1.82, 2.24) is 9.97 Å². The van der Waals surface area contributed by atoms with Crippen LogP contribution in [0.3, 0.4) is 0 Å². The second-order valence-corrected chi connectivity index (χ2v) is 3.79. The van der Waals surface area contributed by atoms with E-state index in [2.05, 4.69) is 9.97 Å². The maximum absolute atomic E-state index is 5.94. The van der Waals surface area contributed by atoms with Gasteiger partial charge in [0, 0.05) is 19.6 Å². The minimum absolute atomic E-state index is 0.193. The molecule has 0 aromatic carbocycles. The number of aromatic nitrogens is 2. The van der Waals surface area contributed by atoms with Crippen LogP contribution in [0.4, 0.5) is 5.82 Å². The molecule has 1 rings (SSSR count). The van der Waals surface area contributed by atoms with Gasteiger partial charge in [0.1, 0.15) is 11.3 Å². The summed E-state index contributed by atoms with van der Waals surface area (Å²) in [4.78, 5) is 9.91. The summed E-state index contributed by atoms with van der Waals surface area (Å²) in [6.07, 6.45) is 3.99. The second kappa shape index (κ2) is 5.12. The Labute approximate surface area is 89.1 Å². The molecule has 1 aromatic heterocycles. The summed E-state index contributed by atoms with van der Waals surface area (Å²) in [6.45, 7) is 2.82. The van der Waals surface area contributed by atoms with Gasteiger partial charge in [-0.2, -0.15) is 0 Å². The first-order chi connectivity index (χ1) is 6.61. The van der Waals surface area contributed by atoms with Crippen molar-refractivity contribution in [3.8, 4) is 0 Å². The molecule has 2 N–H and O–H groups in total. The molecular weight excluding hydrogens is 200 g/mol. The predicted octanol–water partition coefficient (Wildman–Crippen LogP) is 1.30. The monoisotopic (exact) mass is 214 g/mol. The molecule has 0 fully saturated rings. The van der Waals surface area contributed by atoms with Crippen LogP contribution in [-0.2, 0) is 0 Å². The highest BCUT2D eigenvalue weighted by Crippen LogP contribution is 2.19. The topological polar surface area (TPSA) is 55.0 Å². The van der Waals surface area contributed by atoms with Crippen LogP contribution in [0.2, 0.25) is 5.02 Å². The Hall–Kier alpha value is -0.870. The van der Waals surface area contributed by atoms with E-state index >= 15 is 0 Å². The number of nitrogens with two attached hydrogens (primary N) is 1. The molecule has 0 aliphatic heterocycles. The Morgan fingerprint density at radius 1 is 1.64 bits per heavy atom. The molecular formula is C9H15ClN4. The molecule has 0 amide bonds. The summed E-state index contributed by atoms with van der Waals surface area (Å²) in [5, 5.41) is 0.569. The van der Waals surface area contributed by atoms with Crippen LogP contribution in [0.15, 0.2) is 12.5 Å². The van der Waals surface area contributed by atoms with Crippen LogP contribution in [0.5, 0.6) is 0 Å². The lowest BCUT2D eigenvalue weighted by molar-refractivity contribution is 0.656. The van der Waals surface area contributed by atoms with E-state index in [4.69, 9.17) is 17.3 Å². The lowest BCUT2D eigenvalue weighted by atomic mass is 10.2. The molecule has 5 heteroatoms. The van der Waals surface area contributed by atoms with Crippen molar-refractivity contribution in [2.24, 2.45) is 5.73 Å². The SMILES string of the molecule is CC(N)CCN(C)c1ncncc1Cl. The first kappa shape index (κ1) is 11.2. The van der Waals surface area contributed by atoms with Crippen LogP contribution in [0.25, 0.3) is 0 Å². The third-order valence-electron chi connectivity index (χ3n) is 1.93. The highest BCUT2D eigenvalue weighted by atomic mass is 35.5. The molecule has 0 bridgehead atoms. The van der Waals surface area contributed by atoms with Gasteiger partial charge < -0.3 is 10.6 Å². The summed E-state index contributed by atoms with van der Waals surface area (Å²) in [6, 6.07) is 0.193. The summed E-state index contributed by atoms with van der Waals surface area (Å²) in [5.74, 6) is 0.752. The smallest absolute Gasteiger partial charge is 0.150 e. The fraction of sp³-hybridized carbons (Fsp3) is 0.556. The summed E-state index contributed by atoms with van der Waals surface area (Å²) < 4.78 is 0. The molecule has 0 saturated heterocycles. The van der Waals surface area contributed by atoms with Crippen molar-refractivity contribution in [2.45, 2.75) is 19.4 Å². The number of nitrogens with zero attached hydrogens (tertiary/aromatic N) is 3. The molecule has 1 heterocycles. The van der Waals surface area contributed by atoms with Gasteiger partial charge in [0.2, 0.25) is 0 Å². The molecule has 4 nitrogen and oxygen atoms in total. The minimum Gasteiger partial charge on any atom is -0.358 e. The van der Waals surface area contributed by atoms with Crippen molar-refractivity contribution < 1.29 is 0 Å². The summed E-state index contributed by atoms with van der Waals surface area (Å²) in [7, 11) is 1.94. The quantitative estimate of drug-likeness (QED) is 0.821. The van der Waals surface area contributed by atoms with Crippen LogP contribution >= 0.6 is 11.6 Å². The molecule has 0 aliphatic carbocycles. The molecule has 1 unspecified atom stereocenters. The van der Waals surface area contributed by atoms with Gasteiger partial charge in [-0.05, 0) is 13.3 Å². The first-order valence-electron chi connectivity index (χ1n) is 4.53. The molecule has 78 valence electrons. The van der Waals surface area contributed by atoms with Gasteiger partial charge in [-0.3, -0.25) is 0 Å². The fourth-order valence-corrected chi connectivity index (χ4v) is 1.34. The maximum atomic E-state index is 5.94. The van der Waals surface area contributed by atoms with E-state index in [9.17, 15) is 0 Å². The lowest BCUT2D eigenvalue weighted by Crippen LogP contribution is -2.26. The van der Waals surface area contributed by atoms with Gasteiger partial charge in [-0.15, -0.1) is 0 Å². The molecule has 1 aromatic rings. The Morgan fingerprint density at radius 2 is 2.36 bits per heavy atom. The van der Waals surface area contributed by atoms with Gasteiger partial charge >= 0.3 is 0 Å². The molecule has 0 aliphatic rings. The van der Waals surface area contributed by atoms with Crippen molar-refractivity contribution in [2.75, 3.05) is 18.5 Å². The fourth-order valence-electron chi connectivity index (χ4n) is 1.09. The Kier molecular flexibility index (Phi) is 4.10. The second-order valence-electron chi connectivity index (χ2n) is 3.38. The number of rotatable bonds is 4. The summed E-state index contributed by atoms with van der Waals surface area (Å²) >= 11 is 5.94. The predicted molar refractivity (Wildman–Crippen MR) is 58.6 cm³/mol. The van der Waals surface area contributed by atoms with Gasteiger partial charge in [-0.1, -0.05) is 11.6 Å². The zero-order valence-electron chi connectivity index (χ0n) is 8.44. The first-order valence-corrected chi connectivity index (χ1v) is 4.91. The molecule has 0 radical (unpaired) electrons. The number of halogens is 1. The average Bonchev–Trinajstić information content (AvgIpc) is 2.15. The molecule has 1 atom stereocenters. The van der Waals surface area contributed by atoms with Gasteiger partial charge in [0.25, 0.3) is 0 Å². The van der Waals surface area contributed by atoms with Crippen LogP contribution in [-0.4, -0.2) is 29.6 Å².